The van der Waals surface area contributed by atoms with E-state index in [2.05, 4.69) is 24.2 Å². The minimum absolute atomic E-state index is 0.103. The molecule has 7 heteroatoms. The third-order valence-corrected chi connectivity index (χ3v) is 5.06. The van der Waals surface area contributed by atoms with Crippen LogP contribution in [0.3, 0.4) is 0 Å². The van der Waals surface area contributed by atoms with Gasteiger partial charge in [0.1, 0.15) is 22.9 Å². The zero-order chi connectivity index (χ0) is 19.7. The van der Waals surface area contributed by atoms with Crippen LogP contribution in [0.2, 0.25) is 0 Å². The van der Waals surface area contributed by atoms with Crippen molar-refractivity contribution in [3.05, 3.63) is 53.6 Å². The molecule has 4 rings (SSSR count). The Morgan fingerprint density at radius 2 is 2.07 bits per heavy atom. The molecule has 1 fully saturated rings. The number of benzene rings is 1. The fraction of sp³-hybridized carbons (Fsp3) is 0.381. The van der Waals surface area contributed by atoms with Gasteiger partial charge in [-0.1, -0.05) is 36.3 Å². The van der Waals surface area contributed by atoms with E-state index in [1.54, 1.807) is 18.1 Å². The van der Waals surface area contributed by atoms with Crippen molar-refractivity contribution in [2.75, 3.05) is 13.7 Å². The lowest BCUT2D eigenvalue weighted by Gasteiger charge is -2.21. The number of carbonyl (C=O) groups is 1. The fourth-order valence-electron chi connectivity index (χ4n) is 3.49. The van der Waals surface area contributed by atoms with Gasteiger partial charge in [0.25, 0.3) is 5.91 Å². The van der Waals surface area contributed by atoms with Gasteiger partial charge in [0.2, 0.25) is 5.76 Å². The number of methoxy groups -OCH3 is 1. The van der Waals surface area contributed by atoms with Gasteiger partial charge in [-0.2, -0.15) is 0 Å². The normalized spacial score (nSPS) is 16.7. The highest BCUT2D eigenvalue weighted by Crippen LogP contribution is 2.34. The molecule has 28 heavy (non-hydrogen) atoms. The lowest BCUT2D eigenvalue weighted by Crippen LogP contribution is -2.30. The van der Waals surface area contributed by atoms with E-state index < -0.39 is 0 Å². The molecule has 0 radical (unpaired) electrons. The average molecular weight is 381 g/mol. The van der Waals surface area contributed by atoms with Crippen molar-refractivity contribution in [3.8, 4) is 17.0 Å². The highest BCUT2D eigenvalue weighted by molar-refractivity contribution is 5.93. The number of rotatable bonds is 5. The monoisotopic (exact) mass is 381 g/mol. The molecule has 0 N–H and O–H groups in total. The van der Waals surface area contributed by atoms with Crippen LogP contribution in [0.1, 0.15) is 60.7 Å². The second kappa shape index (κ2) is 7.50. The summed E-state index contributed by atoms with van der Waals surface area (Å²) in [5.41, 5.74) is 2.22. The maximum atomic E-state index is 13.0. The van der Waals surface area contributed by atoms with Gasteiger partial charge in [0.15, 0.2) is 0 Å². The third-order valence-electron chi connectivity index (χ3n) is 5.06. The highest BCUT2D eigenvalue weighted by atomic mass is 16.5. The van der Waals surface area contributed by atoms with Crippen LogP contribution in [0.5, 0.6) is 5.75 Å². The van der Waals surface area contributed by atoms with Gasteiger partial charge in [0, 0.05) is 30.2 Å². The molecule has 1 aliphatic rings. The van der Waals surface area contributed by atoms with Crippen molar-refractivity contribution in [1.82, 2.24) is 15.2 Å². The molecule has 0 bridgehead atoms. The molecular weight excluding hydrogens is 358 g/mol. The number of carbonyl (C=O) groups excluding carboxylic acids is 1. The second-order valence-corrected chi connectivity index (χ2v) is 7.27. The Morgan fingerprint density at radius 1 is 1.21 bits per heavy atom. The van der Waals surface area contributed by atoms with Crippen molar-refractivity contribution in [2.24, 2.45) is 0 Å². The summed E-state index contributed by atoms with van der Waals surface area (Å²) in [6.45, 7) is 4.76. The maximum absolute atomic E-state index is 13.0. The number of aromatic nitrogens is 2. The fourth-order valence-corrected chi connectivity index (χ4v) is 3.49. The van der Waals surface area contributed by atoms with E-state index in [0.29, 0.717) is 12.2 Å². The minimum atomic E-state index is -0.182. The Hall–Kier alpha value is -3.09. The van der Waals surface area contributed by atoms with E-state index in [1.165, 1.54) is 0 Å². The first kappa shape index (κ1) is 18.3. The summed E-state index contributed by atoms with van der Waals surface area (Å²) < 4.78 is 16.0. The molecule has 0 unspecified atom stereocenters. The molecule has 2 aromatic heterocycles. The van der Waals surface area contributed by atoms with Gasteiger partial charge in [-0.25, -0.2) is 0 Å². The van der Waals surface area contributed by atoms with Crippen LogP contribution in [-0.2, 0) is 0 Å². The van der Waals surface area contributed by atoms with Gasteiger partial charge >= 0.3 is 0 Å². The predicted molar refractivity (Wildman–Crippen MR) is 102 cm³/mol. The molecular formula is C21H23N3O4. The summed E-state index contributed by atoms with van der Waals surface area (Å²) in [5, 5.41) is 8.26. The molecule has 1 aromatic carbocycles. The van der Waals surface area contributed by atoms with E-state index >= 15 is 0 Å². The molecule has 1 saturated heterocycles. The molecule has 3 heterocycles. The zero-order valence-electron chi connectivity index (χ0n) is 16.2. The Morgan fingerprint density at radius 3 is 2.82 bits per heavy atom. The molecule has 0 aliphatic carbocycles. The summed E-state index contributed by atoms with van der Waals surface area (Å²) in [6.07, 6.45) is 1.77. The van der Waals surface area contributed by atoms with Crippen LogP contribution in [0.25, 0.3) is 11.3 Å². The summed E-state index contributed by atoms with van der Waals surface area (Å²) in [5.74, 6) is 1.84. The van der Waals surface area contributed by atoms with E-state index in [1.807, 2.05) is 30.3 Å². The summed E-state index contributed by atoms with van der Waals surface area (Å²) >= 11 is 0. The molecule has 3 aromatic rings. The summed E-state index contributed by atoms with van der Waals surface area (Å²) in [6, 6.07) is 11.0. The number of hydrogen-bond acceptors (Lipinski definition) is 6. The molecule has 1 aliphatic heterocycles. The van der Waals surface area contributed by atoms with Crippen LogP contribution in [0.4, 0.5) is 0 Å². The molecule has 1 atom stereocenters. The van der Waals surface area contributed by atoms with Crippen LogP contribution in [-0.4, -0.2) is 34.8 Å². The van der Waals surface area contributed by atoms with Gasteiger partial charge < -0.3 is 18.7 Å². The number of amides is 1. The topological polar surface area (TPSA) is 81.6 Å². The lowest BCUT2D eigenvalue weighted by atomic mass is 10.1. The largest absolute Gasteiger partial charge is 0.497 e. The van der Waals surface area contributed by atoms with Crippen molar-refractivity contribution in [3.63, 3.8) is 0 Å². The molecule has 146 valence electrons. The first-order valence-electron chi connectivity index (χ1n) is 9.45. The van der Waals surface area contributed by atoms with Crippen molar-refractivity contribution in [1.29, 1.82) is 0 Å². The maximum Gasteiger partial charge on any atom is 0.293 e. The molecule has 1 amide bonds. The van der Waals surface area contributed by atoms with Gasteiger partial charge in [-0.15, -0.1) is 0 Å². The van der Waals surface area contributed by atoms with E-state index in [-0.39, 0.29) is 23.6 Å². The lowest BCUT2D eigenvalue weighted by molar-refractivity contribution is 0.0688. The quantitative estimate of drug-likeness (QED) is 0.650. The number of hydrogen-bond donors (Lipinski definition) is 0. The van der Waals surface area contributed by atoms with Gasteiger partial charge in [-0.3, -0.25) is 4.79 Å². The first-order valence-corrected chi connectivity index (χ1v) is 9.45. The Kier molecular flexibility index (Phi) is 4.90. The van der Waals surface area contributed by atoms with Gasteiger partial charge in [-0.05, 0) is 25.0 Å². The number of ether oxygens (including phenoxy) is 1. The van der Waals surface area contributed by atoms with Crippen LogP contribution < -0.4 is 4.74 Å². The smallest absolute Gasteiger partial charge is 0.293 e. The molecule has 7 nitrogen and oxygen atoms in total. The average Bonchev–Trinajstić information content (AvgIpc) is 3.47. The van der Waals surface area contributed by atoms with Crippen LogP contribution in [0.15, 0.2) is 45.4 Å². The summed E-state index contributed by atoms with van der Waals surface area (Å²) in [4.78, 5) is 14.8. The highest BCUT2D eigenvalue weighted by Gasteiger charge is 2.34. The van der Waals surface area contributed by atoms with Crippen molar-refractivity contribution in [2.45, 2.75) is 38.6 Å². The van der Waals surface area contributed by atoms with Crippen molar-refractivity contribution >= 4 is 5.91 Å². The second-order valence-electron chi connectivity index (χ2n) is 7.27. The summed E-state index contributed by atoms with van der Waals surface area (Å²) in [7, 11) is 1.61. The Bertz CT molecular complexity index is 975. The van der Waals surface area contributed by atoms with Crippen molar-refractivity contribution < 1.29 is 18.6 Å². The third kappa shape index (κ3) is 3.40. The zero-order valence-corrected chi connectivity index (χ0v) is 16.2. The molecule has 0 saturated carbocycles. The SMILES string of the molecule is COc1cccc(-c2cc(C(=O)N3CCC[C@H]3c3cc(C(C)C)on3)on2)c1. The minimum Gasteiger partial charge on any atom is -0.497 e. The van der Waals surface area contributed by atoms with E-state index in [0.717, 1.165) is 35.6 Å². The Labute approximate surface area is 163 Å². The predicted octanol–water partition coefficient (Wildman–Crippen LogP) is 4.44. The van der Waals surface area contributed by atoms with Crippen LogP contribution >= 0.6 is 0 Å². The van der Waals surface area contributed by atoms with E-state index in [9.17, 15) is 4.79 Å². The van der Waals surface area contributed by atoms with Crippen LogP contribution in [0, 0.1) is 0 Å². The first-order chi connectivity index (χ1) is 13.6. The molecule has 0 spiro atoms. The number of likely N-dealkylation sites (tertiary alicyclic amines) is 1. The van der Waals surface area contributed by atoms with E-state index in [4.69, 9.17) is 13.8 Å². The Balaban J connectivity index is 1.56. The van der Waals surface area contributed by atoms with Gasteiger partial charge in [0.05, 0.1) is 13.2 Å². The number of nitrogens with zero attached hydrogens (tertiary/aromatic N) is 3. The standard InChI is InChI=1S/C21H23N3O4/c1-13(2)19-12-17(23-27-19)18-8-5-9-24(18)21(25)20-11-16(22-28-20)14-6-4-7-15(10-14)26-3/h4,6-7,10-13,18H,5,8-9H2,1-3H3/t18-/m0/s1.